The summed E-state index contributed by atoms with van der Waals surface area (Å²) in [5.41, 5.74) is 3.64. The summed E-state index contributed by atoms with van der Waals surface area (Å²) in [5.74, 6) is 0.745. The minimum atomic E-state index is -0.650. The largest absolute Gasteiger partial charge is 0.461 e. The average molecular weight is 532 g/mol. The SMILES string of the molecule is Cc1oc2c(C)c3oc(=O)c(CCC(=O)N4C[C@H]5C[C@@H](C4)c4ccc([N+](=O)[O-])c(=O)n4C5)c(C)c3cc2c1C. The van der Waals surface area contributed by atoms with Crippen molar-refractivity contribution < 1.29 is 18.6 Å². The van der Waals surface area contributed by atoms with Crippen LogP contribution in [0.1, 0.15) is 52.5 Å². The van der Waals surface area contributed by atoms with E-state index in [1.54, 1.807) is 11.0 Å². The zero-order valence-corrected chi connectivity index (χ0v) is 22.3. The van der Waals surface area contributed by atoms with Crippen molar-refractivity contribution in [1.82, 2.24) is 9.47 Å². The number of pyridine rings is 1. The Bertz CT molecular complexity index is 1830. The lowest BCUT2D eigenvalue weighted by Gasteiger charge is -2.42. The smallest absolute Gasteiger partial charge is 0.339 e. The van der Waals surface area contributed by atoms with Crippen LogP contribution in [-0.2, 0) is 17.8 Å². The highest BCUT2D eigenvalue weighted by Gasteiger charge is 2.37. The van der Waals surface area contributed by atoms with E-state index in [0.29, 0.717) is 30.8 Å². The number of hydrogen-bond donors (Lipinski definition) is 0. The highest BCUT2D eigenvalue weighted by atomic mass is 16.6. The van der Waals surface area contributed by atoms with Gasteiger partial charge >= 0.3 is 16.9 Å². The fourth-order valence-electron chi connectivity index (χ4n) is 6.45. The van der Waals surface area contributed by atoms with Crippen molar-refractivity contribution >= 4 is 33.5 Å². The van der Waals surface area contributed by atoms with E-state index in [0.717, 1.165) is 50.9 Å². The normalized spacial score (nSPS) is 18.5. The molecule has 1 aromatic carbocycles. The number of likely N-dealkylation sites (tertiary alicyclic amines) is 1. The Kier molecular flexibility index (Phi) is 5.74. The number of nitrogens with zero attached hydrogens (tertiary/aromatic N) is 3. The van der Waals surface area contributed by atoms with Gasteiger partial charge in [0.1, 0.15) is 16.9 Å². The maximum Gasteiger partial charge on any atom is 0.339 e. The molecule has 1 amide bonds. The molecule has 1 fully saturated rings. The number of aromatic nitrogens is 1. The molecular weight excluding hydrogens is 502 g/mol. The first-order valence-corrected chi connectivity index (χ1v) is 13.2. The number of hydrogen-bond acceptors (Lipinski definition) is 7. The Labute approximate surface area is 223 Å². The molecule has 6 rings (SSSR count). The molecule has 0 aliphatic carbocycles. The van der Waals surface area contributed by atoms with Gasteiger partial charge in [-0.3, -0.25) is 19.7 Å². The van der Waals surface area contributed by atoms with E-state index in [9.17, 15) is 24.5 Å². The highest BCUT2D eigenvalue weighted by Crippen LogP contribution is 2.37. The predicted octanol–water partition coefficient (Wildman–Crippen LogP) is 4.42. The van der Waals surface area contributed by atoms with Gasteiger partial charge in [-0.1, -0.05) is 0 Å². The van der Waals surface area contributed by atoms with Crippen LogP contribution in [-0.4, -0.2) is 33.4 Å². The van der Waals surface area contributed by atoms with Gasteiger partial charge in [-0.2, -0.15) is 0 Å². The molecule has 3 aromatic heterocycles. The van der Waals surface area contributed by atoms with Crippen LogP contribution in [0.25, 0.3) is 21.9 Å². The molecule has 0 unspecified atom stereocenters. The number of benzene rings is 1. The molecule has 1 saturated heterocycles. The number of nitro groups is 1. The summed E-state index contributed by atoms with van der Waals surface area (Å²) in [6.07, 6.45) is 1.25. The van der Waals surface area contributed by atoms with Crippen LogP contribution in [0.4, 0.5) is 5.69 Å². The third-order valence-electron chi connectivity index (χ3n) is 8.67. The number of rotatable bonds is 4. The number of piperidine rings is 1. The Hall–Kier alpha value is -4.21. The summed E-state index contributed by atoms with van der Waals surface area (Å²) >= 11 is 0. The summed E-state index contributed by atoms with van der Waals surface area (Å²) < 4.78 is 13.2. The number of carbonyl (C=O) groups is 1. The van der Waals surface area contributed by atoms with Crippen molar-refractivity contribution in [1.29, 1.82) is 0 Å². The minimum absolute atomic E-state index is 0.0411. The molecule has 202 valence electrons. The zero-order valence-electron chi connectivity index (χ0n) is 22.3. The molecule has 2 aliphatic heterocycles. The molecule has 39 heavy (non-hydrogen) atoms. The second-order valence-corrected chi connectivity index (χ2v) is 10.9. The van der Waals surface area contributed by atoms with E-state index in [1.165, 1.54) is 10.6 Å². The van der Waals surface area contributed by atoms with Crippen LogP contribution in [0, 0.1) is 43.7 Å². The average Bonchev–Trinajstić information content (AvgIpc) is 3.18. The third-order valence-corrected chi connectivity index (χ3v) is 8.67. The lowest BCUT2D eigenvalue weighted by Crippen LogP contribution is -2.49. The van der Waals surface area contributed by atoms with Gasteiger partial charge in [0, 0.05) is 65.6 Å². The Morgan fingerprint density at radius 1 is 1.00 bits per heavy atom. The van der Waals surface area contributed by atoms with Gasteiger partial charge in [0.2, 0.25) is 5.91 Å². The molecule has 0 radical (unpaired) electrons. The zero-order chi connectivity index (χ0) is 27.7. The standard InChI is InChI=1S/C29H29N3O7/c1-14-17(4)38-26-16(3)27-22(10-21(14)26)15(2)20(29(35)39-27)5-8-25(33)30-11-18-9-19(13-30)23-6-7-24(32(36)37)28(34)31(23)12-18/h6-7,10,18-19H,5,8-9,11-13H2,1-4H3/t18-,19+/m1/s1. The second-order valence-electron chi connectivity index (χ2n) is 10.9. The van der Waals surface area contributed by atoms with Crippen molar-refractivity contribution in [3.05, 3.63) is 82.8 Å². The number of furan rings is 1. The monoisotopic (exact) mass is 531 g/mol. The van der Waals surface area contributed by atoms with Crippen LogP contribution in [0.2, 0.25) is 0 Å². The quantitative estimate of drug-likeness (QED) is 0.217. The van der Waals surface area contributed by atoms with Crippen molar-refractivity contribution in [2.45, 2.75) is 59.4 Å². The maximum absolute atomic E-state index is 13.3. The molecule has 0 spiro atoms. The van der Waals surface area contributed by atoms with E-state index in [4.69, 9.17) is 8.83 Å². The van der Waals surface area contributed by atoms with Crippen molar-refractivity contribution in [3.8, 4) is 0 Å². The lowest BCUT2D eigenvalue weighted by molar-refractivity contribution is -0.386. The lowest BCUT2D eigenvalue weighted by atomic mass is 9.83. The van der Waals surface area contributed by atoms with Crippen LogP contribution < -0.4 is 11.2 Å². The molecule has 2 atom stereocenters. The molecule has 2 aliphatic rings. The number of amides is 1. The number of fused-ring (bicyclic) bond motifs is 6. The molecule has 5 heterocycles. The predicted molar refractivity (Wildman–Crippen MR) is 144 cm³/mol. The number of aryl methyl sites for hydroxylation is 4. The van der Waals surface area contributed by atoms with Crippen LogP contribution in [0.15, 0.2) is 36.6 Å². The highest BCUT2D eigenvalue weighted by molar-refractivity contribution is 6.00. The molecule has 0 N–H and O–H groups in total. The minimum Gasteiger partial charge on any atom is -0.461 e. The summed E-state index contributed by atoms with van der Waals surface area (Å²) in [4.78, 5) is 51.3. The summed E-state index contributed by atoms with van der Waals surface area (Å²) in [5, 5.41) is 13.0. The van der Waals surface area contributed by atoms with Gasteiger partial charge in [-0.15, -0.1) is 0 Å². The van der Waals surface area contributed by atoms with E-state index in [-0.39, 0.29) is 30.6 Å². The van der Waals surface area contributed by atoms with Gasteiger partial charge in [-0.05, 0) is 69.7 Å². The molecule has 0 saturated carbocycles. The summed E-state index contributed by atoms with van der Waals surface area (Å²) in [6.45, 7) is 8.96. The first-order chi connectivity index (χ1) is 18.5. The molecule has 4 aromatic rings. The van der Waals surface area contributed by atoms with Crippen LogP contribution >= 0.6 is 0 Å². The van der Waals surface area contributed by atoms with Gasteiger partial charge in [0.15, 0.2) is 0 Å². The van der Waals surface area contributed by atoms with E-state index >= 15 is 0 Å². The van der Waals surface area contributed by atoms with Crippen molar-refractivity contribution in [2.75, 3.05) is 13.1 Å². The maximum atomic E-state index is 13.3. The molecule has 2 bridgehead atoms. The summed E-state index contributed by atoms with van der Waals surface area (Å²) in [6, 6.07) is 4.90. The molecular formula is C29H29N3O7. The van der Waals surface area contributed by atoms with Crippen LogP contribution in [0.5, 0.6) is 0 Å². The molecule has 10 heteroatoms. The Morgan fingerprint density at radius 2 is 1.72 bits per heavy atom. The number of carbonyl (C=O) groups excluding carboxylic acids is 1. The van der Waals surface area contributed by atoms with Gasteiger partial charge in [-0.25, -0.2) is 4.79 Å². The van der Waals surface area contributed by atoms with E-state index in [2.05, 4.69) is 0 Å². The topological polar surface area (TPSA) is 129 Å². The van der Waals surface area contributed by atoms with Gasteiger partial charge < -0.3 is 18.3 Å². The van der Waals surface area contributed by atoms with Crippen molar-refractivity contribution in [2.24, 2.45) is 5.92 Å². The first kappa shape index (κ1) is 25.1. The van der Waals surface area contributed by atoms with Gasteiger partial charge in [0.05, 0.1) is 4.92 Å². The van der Waals surface area contributed by atoms with Crippen LogP contribution in [0.3, 0.4) is 0 Å². The third kappa shape index (κ3) is 3.88. The van der Waals surface area contributed by atoms with Gasteiger partial charge in [0.25, 0.3) is 0 Å². The van der Waals surface area contributed by atoms with Crippen molar-refractivity contribution in [3.63, 3.8) is 0 Å². The Balaban J connectivity index is 1.25. The second kappa shape index (κ2) is 8.93. The Morgan fingerprint density at radius 3 is 2.46 bits per heavy atom. The van der Waals surface area contributed by atoms with E-state index in [1.807, 2.05) is 33.8 Å². The van der Waals surface area contributed by atoms with E-state index < -0.39 is 21.8 Å². The molecule has 10 nitrogen and oxygen atoms in total. The fraction of sp³-hybridized carbons (Fsp3) is 0.414. The fourth-order valence-corrected chi connectivity index (χ4v) is 6.45. The first-order valence-electron chi connectivity index (χ1n) is 13.2. The summed E-state index contributed by atoms with van der Waals surface area (Å²) in [7, 11) is 0.